The molecule has 0 spiro atoms. The van der Waals surface area contributed by atoms with Crippen LogP contribution < -0.4 is 0 Å². The fourth-order valence-corrected chi connectivity index (χ4v) is 6.66. The van der Waals surface area contributed by atoms with E-state index in [9.17, 15) is 23.3 Å². The summed E-state index contributed by atoms with van der Waals surface area (Å²) in [5, 5.41) is 10.8. The Labute approximate surface area is 150 Å². The summed E-state index contributed by atoms with van der Waals surface area (Å²) in [5.41, 5.74) is -2.20. The van der Waals surface area contributed by atoms with E-state index in [1.807, 2.05) is 0 Å². The average molecular weight is 365 g/mol. The highest BCUT2D eigenvalue weighted by atomic mass is 19.4. The van der Waals surface area contributed by atoms with Crippen LogP contribution in [-0.4, -0.2) is 11.1 Å². The highest BCUT2D eigenvalue weighted by Gasteiger charge is 2.74. The van der Waals surface area contributed by atoms with Crippen molar-refractivity contribution < 1.29 is 18.1 Å². The van der Waals surface area contributed by atoms with Gasteiger partial charge in [-0.15, -0.1) is 0 Å². The van der Waals surface area contributed by atoms with E-state index in [1.54, 1.807) is 30.3 Å². The van der Waals surface area contributed by atoms with Crippen molar-refractivity contribution in [1.29, 1.82) is 0 Å². The molecule has 0 N–H and O–H groups in total. The van der Waals surface area contributed by atoms with Gasteiger partial charge in [-0.05, 0) is 67.9 Å². The molecule has 0 aliphatic heterocycles. The third-order valence-corrected chi connectivity index (χ3v) is 7.23. The lowest BCUT2D eigenvalue weighted by atomic mass is 9.36. The fourth-order valence-electron chi connectivity index (χ4n) is 6.66. The van der Waals surface area contributed by atoms with E-state index in [1.165, 1.54) is 6.08 Å². The number of rotatable bonds is 4. The van der Waals surface area contributed by atoms with Crippen molar-refractivity contribution in [2.45, 2.75) is 50.1 Å². The lowest BCUT2D eigenvalue weighted by molar-refractivity contribution is -0.402. The van der Waals surface area contributed by atoms with Gasteiger partial charge in [-0.3, -0.25) is 10.1 Å². The normalized spacial score (nSPS) is 38.8. The van der Waals surface area contributed by atoms with Crippen molar-refractivity contribution in [1.82, 2.24) is 0 Å². The third kappa shape index (κ3) is 2.33. The molecule has 0 aromatic heterocycles. The number of alkyl halides is 3. The van der Waals surface area contributed by atoms with Crippen LogP contribution in [0.25, 0.3) is 0 Å². The van der Waals surface area contributed by atoms with Gasteiger partial charge in [0.2, 0.25) is 6.20 Å². The van der Waals surface area contributed by atoms with Crippen LogP contribution in [0, 0.1) is 33.3 Å². The molecule has 26 heavy (non-hydrogen) atoms. The maximum atomic E-state index is 14.6. The van der Waals surface area contributed by atoms with Crippen LogP contribution in [-0.2, 0) is 5.41 Å². The maximum absolute atomic E-state index is 14.6. The lowest BCUT2D eigenvalue weighted by Crippen LogP contribution is -2.67. The Bertz CT molecular complexity index is 716. The summed E-state index contributed by atoms with van der Waals surface area (Å²) in [6, 6.07) is 8.94. The van der Waals surface area contributed by atoms with Crippen LogP contribution >= 0.6 is 0 Å². The molecule has 4 bridgehead atoms. The van der Waals surface area contributed by atoms with Gasteiger partial charge in [-0.2, -0.15) is 13.2 Å². The molecular weight excluding hydrogens is 343 g/mol. The first-order chi connectivity index (χ1) is 12.3. The summed E-state index contributed by atoms with van der Waals surface area (Å²) in [4.78, 5) is 10.2. The van der Waals surface area contributed by atoms with E-state index in [4.69, 9.17) is 0 Å². The molecule has 4 fully saturated rings. The van der Waals surface area contributed by atoms with Gasteiger partial charge in [0.05, 0.1) is 10.3 Å². The summed E-state index contributed by atoms with van der Waals surface area (Å²) in [5.74, 6) is 0.185. The first-order valence-electron chi connectivity index (χ1n) is 9.21. The van der Waals surface area contributed by atoms with Crippen molar-refractivity contribution in [3.63, 3.8) is 0 Å². The predicted octanol–water partition coefficient (Wildman–Crippen LogP) is 5.49. The molecule has 5 rings (SSSR count). The topological polar surface area (TPSA) is 43.1 Å². The van der Waals surface area contributed by atoms with Crippen LogP contribution in [0.15, 0.2) is 42.6 Å². The Hall–Kier alpha value is -1.85. The van der Waals surface area contributed by atoms with Gasteiger partial charge in [-0.1, -0.05) is 30.3 Å². The number of halogens is 3. The number of hydrogen-bond acceptors (Lipinski definition) is 2. The number of nitrogens with zero attached hydrogens (tertiary/aromatic N) is 1. The van der Waals surface area contributed by atoms with Gasteiger partial charge < -0.3 is 0 Å². The molecule has 140 valence electrons. The molecule has 0 heterocycles. The largest absolute Gasteiger partial charge is 0.395 e. The van der Waals surface area contributed by atoms with E-state index in [0.29, 0.717) is 5.56 Å². The summed E-state index contributed by atoms with van der Waals surface area (Å²) in [7, 11) is 0. The smallest absolute Gasteiger partial charge is 0.259 e. The quantitative estimate of drug-likeness (QED) is 0.523. The van der Waals surface area contributed by atoms with E-state index in [-0.39, 0.29) is 37.0 Å². The van der Waals surface area contributed by atoms with Gasteiger partial charge in [0.15, 0.2) is 0 Å². The monoisotopic (exact) mass is 365 g/mol. The minimum Gasteiger partial charge on any atom is -0.259 e. The second kappa shape index (κ2) is 5.83. The number of nitro groups is 1. The minimum atomic E-state index is -4.32. The predicted molar refractivity (Wildman–Crippen MR) is 90.9 cm³/mol. The molecule has 0 radical (unpaired) electrons. The third-order valence-electron chi connectivity index (χ3n) is 7.23. The van der Waals surface area contributed by atoms with Crippen LogP contribution in [0.5, 0.6) is 0 Å². The molecule has 3 nitrogen and oxygen atoms in total. The molecule has 4 saturated carbocycles. The van der Waals surface area contributed by atoms with Crippen LogP contribution in [0.1, 0.15) is 44.1 Å². The summed E-state index contributed by atoms with van der Waals surface area (Å²) >= 11 is 0. The van der Waals surface area contributed by atoms with Gasteiger partial charge in [0, 0.05) is 5.41 Å². The molecule has 4 aliphatic rings. The lowest BCUT2D eigenvalue weighted by Gasteiger charge is -2.68. The minimum absolute atomic E-state index is 0.0710. The Kier molecular flexibility index (Phi) is 3.93. The maximum Gasteiger partial charge on any atom is 0.395 e. The van der Waals surface area contributed by atoms with Crippen molar-refractivity contribution in [2.75, 3.05) is 0 Å². The summed E-state index contributed by atoms with van der Waals surface area (Å²) in [6.07, 6.45) is 0.732. The van der Waals surface area contributed by atoms with Gasteiger partial charge >= 0.3 is 6.18 Å². The van der Waals surface area contributed by atoms with E-state index in [2.05, 4.69) is 0 Å². The highest BCUT2D eigenvalue weighted by Crippen LogP contribution is 2.74. The van der Waals surface area contributed by atoms with Crippen molar-refractivity contribution in [3.8, 4) is 0 Å². The van der Waals surface area contributed by atoms with E-state index >= 15 is 0 Å². The molecule has 0 saturated heterocycles. The Morgan fingerprint density at radius 2 is 1.73 bits per heavy atom. The summed E-state index contributed by atoms with van der Waals surface area (Å²) < 4.78 is 43.8. The average Bonchev–Trinajstić information content (AvgIpc) is 2.56. The Morgan fingerprint density at radius 3 is 2.27 bits per heavy atom. The van der Waals surface area contributed by atoms with Gasteiger partial charge in [0.25, 0.3) is 0 Å². The van der Waals surface area contributed by atoms with Crippen LogP contribution in [0.2, 0.25) is 0 Å². The van der Waals surface area contributed by atoms with Crippen molar-refractivity contribution in [3.05, 3.63) is 58.3 Å². The van der Waals surface area contributed by atoms with Crippen molar-refractivity contribution >= 4 is 0 Å². The molecule has 3 unspecified atom stereocenters. The van der Waals surface area contributed by atoms with Crippen LogP contribution in [0.4, 0.5) is 13.2 Å². The molecule has 1 aromatic carbocycles. The zero-order valence-electron chi connectivity index (χ0n) is 14.4. The number of benzene rings is 1. The Morgan fingerprint density at radius 1 is 1.12 bits per heavy atom. The number of allylic oxidation sites excluding steroid dienone is 1. The van der Waals surface area contributed by atoms with Gasteiger partial charge in [-0.25, -0.2) is 0 Å². The van der Waals surface area contributed by atoms with Crippen molar-refractivity contribution in [2.24, 2.45) is 23.2 Å². The molecule has 6 heteroatoms. The number of hydrogen-bond donors (Lipinski definition) is 0. The Balaban J connectivity index is 1.91. The van der Waals surface area contributed by atoms with E-state index in [0.717, 1.165) is 25.5 Å². The zero-order chi connectivity index (χ0) is 18.6. The molecule has 4 aliphatic carbocycles. The molecular formula is C20H22F3NO2. The standard InChI is InChI=1S/C20H22F3NO2/c21-20(22,23)18-12-14-9-15(13-18)11-17(10-14)19(18,7-4-8-24(25)26)16-5-2-1-3-6-16/h1-6,8,14-15,17H,7,9-13H2. The fraction of sp³-hybridized carbons (Fsp3) is 0.600. The second-order valence-electron chi connectivity index (χ2n) is 8.34. The van der Waals surface area contributed by atoms with Crippen LogP contribution in [0.3, 0.4) is 0 Å². The highest BCUT2D eigenvalue weighted by molar-refractivity contribution is 5.36. The molecule has 3 atom stereocenters. The molecule has 0 amide bonds. The first kappa shape index (κ1) is 17.6. The summed E-state index contributed by atoms with van der Waals surface area (Å²) in [6.45, 7) is 0. The SMILES string of the molecule is O=[N+]([O-])C=CCC1(c2ccccc2)C2CC3CC(C2)CC1(C(F)(F)F)C3. The first-order valence-corrected chi connectivity index (χ1v) is 9.21. The zero-order valence-corrected chi connectivity index (χ0v) is 14.4. The van der Waals surface area contributed by atoms with Gasteiger partial charge in [0.1, 0.15) is 0 Å². The van der Waals surface area contributed by atoms with E-state index < -0.39 is 21.9 Å². The second-order valence-corrected chi connectivity index (χ2v) is 8.34. The molecule has 1 aromatic rings.